The van der Waals surface area contributed by atoms with E-state index >= 15 is 0 Å². The molecule has 120 valence electrons. The quantitative estimate of drug-likeness (QED) is 0.603. The number of halogens is 1. The van der Waals surface area contributed by atoms with Crippen LogP contribution in [0.4, 0.5) is 4.39 Å². The van der Waals surface area contributed by atoms with E-state index in [0.29, 0.717) is 17.1 Å². The molecule has 0 aromatic heterocycles. The molecule has 0 aliphatic carbocycles. The van der Waals surface area contributed by atoms with Crippen molar-refractivity contribution in [2.24, 2.45) is 0 Å². The number of rotatable bonds is 6. The maximum Gasteiger partial charge on any atom is 0.331 e. The Labute approximate surface area is 134 Å². The zero-order valence-electron chi connectivity index (χ0n) is 12.9. The molecule has 0 bridgehead atoms. The van der Waals surface area contributed by atoms with Gasteiger partial charge < -0.3 is 14.2 Å². The standard InChI is InChI=1S/C18H17FO4/c1-21-15-9-13(10-16(11-15)22-2)7-8-18(20)23-12-14-5-3-4-6-17(14)19/h3-11H,12H2,1-2H3/b8-7+. The lowest BCUT2D eigenvalue weighted by Gasteiger charge is -2.06. The third-order valence-corrected chi connectivity index (χ3v) is 3.11. The second kappa shape index (κ2) is 7.98. The van der Waals surface area contributed by atoms with Crippen LogP contribution in [0.25, 0.3) is 6.08 Å². The predicted octanol–water partition coefficient (Wildman–Crippen LogP) is 3.60. The molecule has 0 spiro atoms. The van der Waals surface area contributed by atoms with Gasteiger partial charge >= 0.3 is 5.97 Å². The lowest BCUT2D eigenvalue weighted by Crippen LogP contribution is -2.02. The molecule has 0 aliphatic rings. The average Bonchev–Trinajstić information content (AvgIpc) is 2.58. The van der Waals surface area contributed by atoms with Gasteiger partial charge in [-0.2, -0.15) is 0 Å². The molecule has 4 nitrogen and oxygen atoms in total. The van der Waals surface area contributed by atoms with Gasteiger partial charge in [0, 0.05) is 17.7 Å². The SMILES string of the molecule is COc1cc(/C=C/C(=O)OCc2ccccc2F)cc(OC)c1. The maximum absolute atomic E-state index is 13.4. The summed E-state index contributed by atoms with van der Waals surface area (Å²) in [5.74, 6) is 0.268. The van der Waals surface area contributed by atoms with Crippen LogP contribution in [-0.4, -0.2) is 20.2 Å². The molecule has 0 unspecified atom stereocenters. The van der Waals surface area contributed by atoms with Gasteiger partial charge in [-0.1, -0.05) is 18.2 Å². The summed E-state index contributed by atoms with van der Waals surface area (Å²) in [6.45, 7) is -0.114. The van der Waals surface area contributed by atoms with Gasteiger partial charge in [0.25, 0.3) is 0 Å². The van der Waals surface area contributed by atoms with Crippen molar-refractivity contribution in [1.29, 1.82) is 0 Å². The lowest BCUT2D eigenvalue weighted by atomic mass is 10.2. The summed E-state index contributed by atoms with van der Waals surface area (Å²) >= 11 is 0. The minimum absolute atomic E-state index is 0.114. The smallest absolute Gasteiger partial charge is 0.331 e. The molecule has 2 rings (SSSR count). The van der Waals surface area contributed by atoms with Crippen molar-refractivity contribution in [2.45, 2.75) is 6.61 Å². The Morgan fingerprint density at radius 1 is 1.09 bits per heavy atom. The van der Waals surface area contributed by atoms with Crippen molar-refractivity contribution < 1.29 is 23.4 Å². The van der Waals surface area contributed by atoms with E-state index in [1.165, 1.54) is 12.1 Å². The molecule has 2 aromatic rings. The molecular formula is C18H17FO4. The minimum atomic E-state index is -0.560. The van der Waals surface area contributed by atoms with Gasteiger partial charge in [0.2, 0.25) is 0 Å². The number of hydrogen-bond acceptors (Lipinski definition) is 4. The Morgan fingerprint density at radius 3 is 2.35 bits per heavy atom. The topological polar surface area (TPSA) is 44.8 Å². The zero-order chi connectivity index (χ0) is 16.7. The van der Waals surface area contributed by atoms with E-state index in [2.05, 4.69) is 0 Å². The fraction of sp³-hybridized carbons (Fsp3) is 0.167. The molecule has 5 heteroatoms. The summed E-state index contributed by atoms with van der Waals surface area (Å²) in [6.07, 6.45) is 2.85. The molecule has 0 saturated carbocycles. The van der Waals surface area contributed by atoms with E-state index in [0.717, 1.165) is 5.56 Å². The second-order valence-corrected chi connectivity index (χ2v) is 4.68. The van der Waals surface area contributed by atoms with Crippen molar-refractivity contribution in [3.05, 3.63) is 65.5 Å². The highest BCUT2D eigenvalue weighted by Crippen LogP contribution is 2.23. The van der Waals surface area contributed by atoms with Crippen LogP contribution in [0.2, 0.25) is 0 Å². The van der Waals surface area contributed by atoms with Gasteiger partial charge in [-0.15, -0.1) is 0 Å². The molecule has 0 N–H and O–H groups in total. The van der Waals surface area contributed by atoms with Gasteiger partial charge in [0.15, 0.2) is 0 Å². The number of carbonyl (C=O) groups is 1. The van der Waals surface area contributed by atoms with Crippen LogP contribution < -0.4 is 9.47 Å². The lowest BCUT2D eigenvalue weighted by molar-refractivity contribution is -0.138. The highest BCUT2D eigenvalue weighted by atomic mass is 19.1. The monoisotopic (exact) mass is 316 g/mol. The van der Waals surface area contributed by atoms with E-state index in [1.54, 1.807) is 56.7 Å². The van der Waals surface area contributed by atoms with E-state index in [-0.39, 0.29) is 6.61 Å². The normalized spacial score (nSPS) is 10.6. The molecular weight excluding hydrogens is 299 g/mol. The summed E-state index contributed by atoms with van der Waals surface area (Å²) in [5, 5.41) is 0. The fourth-order valence-electron chi connectivity index (χ4n) is 1.90. The Kier molecular flexibility index (Phi) is 5.74. The van der Waals surface area contributed by atoms with Crippen LogP contribution in [-0.2, 0) is 16.1 Å². The fourth-order valence-corrected chi connectivity index (χ4v) is 1.90. The van der Waals surface area contributed by atoms with Gasteiger partial charge in [0.1, 0.15) is 23.9 Å². The first-order chi connectivity index (χ1) is 11.1. The number of esters is 1. The third-order valence-electron chi connectivity index (χ3n) is 3.11. The summed E-state index contributed by atoms with van der Waals surface area (Å²) in [6, 6.07) is 11.4. The van der Waals surface area contributed by atoms with Crippen molar-refractivity contribution in [1.82, 2.24) is 0 Å². The van der Waals surface area contributed by atoms with Gasteiger partial charge in [-0.3, -0.25) is 0 Å². The van der Waals surface area contributed by atoms with Crippen molar-refractivity contribution in [3.8, 4) is 11.5 Å². The Balaban J connectivity index is 1.99. The van der Waals surface area contributed by atoms with E-state index in [9.17, 15) is 9.18 Å². The van der Waals surface area contributed by atoms with Crippen LogP contribution in [0.15, 0.2) is 48.5 Å². The zero-order valence-corrected chi connectivity index (χ0v) is 12.9. The van der Waals surface area contributed by atoms with Gasteiger partial charge in [0.05, 0.1) is 14.2 Å². The van der Waals surface area contributed by atoms with E-state index < -0.39 is 11.8 Å². The highest BCUT2D eigenvalue weighted by molar-refractivity contribution is 5.87. The molecule has 0 heterocycles. The largest absolute Gasteiger partial charge is 0.497 e. The van der Waals surface area contributed by atoms with Crippen LogP contribution in [0, 0.1) is 5.82 Å². The molecule has 0 amide bonds. The molecule has 23 heavy (non-hydrogen) atoms. The summed E-state index contributed by atoms with van der Waals surface area (Å²) in [4.78, 5) is 11.7. The summed E-state index contributed by atoms with van der Waals surface area (Å²) < 4.78 is 28.7. The first kappa shape index (κ1) is 16.5. The summed E-state index contributed by atoms with van der Waals surface area (Å²) in [7, 11) is 3.09. The average molecular weight is 316 g/mol. The Bertz CT molecular complexity index is 688. The number of methoxy groups -OCH3 is 2. The molecule has 0 radical (unpaired) electrons. The van der Waals surface area contributed by atoms with Crippen molar-refractivity contribution in [3.63, 3.8) is 0 Å². The van der Waals surface area contributed by atoms with Crippen molar-refractivity contribution in [2.75, 3.05) is 14.2 Å². The van der Waals surface area contributed by atoms with Gasteiger partial charge in [-0.05, 0) is 29.8 Å². The van der Waals surface area contributed by atoms with Crippen LogP contribution in [0.1, 0.15) is 11.1 Å². The number of carbonyl (C=O) groups excluding carboxylic acids is 1. The van der Waals surface area contributed by atoms with Crippen LogP contribution >= 0.6 is 0 Å². The second-order valence-electron chi connectivity index (χ2n) is 4.68. The molecule has 0 aliphatic heterocycles. The number of ether oxygens (including phenoxy) is 3. The molecule has 0 saturated heterocycles. The van der Waals surface area contributed by atoms with Crippen LogP contribution in [0.5, 0.6) is 11.5 Å². The van der Waals surface area contributed by atoms with Crippen molar-refractivity contribution >= 4 is 12.0 Å². The molecule has 0 fully saturated rings. The first-order valence-corrected chi connectivity index (χ1v) is 6.93. The maximum atomic E-state index is 13.4. The molecule has 0 atom stereocenters. The minimum Gasteiger partial charge on any atom is -0.497 e. The highest BCUT2D eigenvalue weighted by Gasteiger charge is 2.04. The third kappa shape index (κ3) is 4.85. The number of hydrogen-bond donors (Lipinski definition) is 0. The number of benzene rings is 2. The Morgan fingerprint density at radius 2 is 1.74 bits per heavy atom. The molecule has 2 aromatic carbocycles. The predicted molar refractivity (Wildman–Crippen MR) is 84.8 cm³/mol. The summed E-state index contributed by atoms with van der Waals surface area (Å²) in [5.41, 5.74) is 1.06. The van der Waals surface area contributed by atoms with Gasteiger partial charge in [-0.25, -0.2) is 9.18 Å². The van der Waals surface area contributed by atoms with E-state index in [4.69, 9.17) is 14.2 Å². The van der Waals surface area contributed by atoms with Crippen LogP contribution in [0.3, 0.4) is 0 Å². The van der Waals surface area contributed by atoms with E-state index in [1.807, 2.05) is 0 Å². The first-order valence-electron chi connectivity index (χ1n) is 6.93. The Hall–Kier alpha value is -2.82.